The molecule has 0 unspecified atom stereocenters. The minimum absolute atomic E-state index is 0. The first-order chi connectivity index (χ1) is 6.25. The summed E-state index contributed by atoms with van der Waals surface area (Å²) in [6, 6.07) is 0. The van der Waals surface area contributed by atoms with Crippen LogP contribution in [0.3, 0.4) is 0 Å². The molecule has 0 aliphatic rings. The molecule has 0 aromatic heterocycles. The second kappa shape index (κ2) is 11.4. The van der Waals surface area contributed by atoms with Gasteiger partial charge in [0, 0.05) is 0 Å². The molecular formula is C14H22Ru. The van der Waals surface area contributed by atoms with Crippen LogP contribution < -0.4 is 0 Å². The predicted octanol–water partition coefficient (Wildman–Crippen LogP) is 4.68. The molecule has 0 nitrogen and oxygen atoms in total. The van der Waals surface area contributed by atoms with Gasteiger partial charge in [-0.3, -0.25) is 0 Å². The topological polar surface area (TPSA) is 0 Å². The van der Waals surface area contributed by atoms with Gasteiger partial charge in [0.15, 0.2) is 0 Å². The van der Waals surface area contributed by atoms with Crippen LogP contribution >= 0.6 is 0 Å². The van der Waals surface area contributed by atoms with E-state index in [0.717, 1.165) is 22.3 Å². The SMILES string of the molecule is C=C(C)C=C([CH2-])C.C=C(C)C=C([CH2-])C.[Ru+2]. The van der Waals surface area contributed by atoms with E-state index >= 15 is 0 Å². The Bertz CT molecular complexity index is 219. The molecule has 0 saturated heterocycles. The average Bonchev–Trinajstić information content (AvgIpc) is 1.79. The van der Waals surface area contributed by atoms with Crippen molar-refractivity contribution in [3.63, 3.8) is 0 Å². The molecule has 0 aliphatic heterocycles. The van der Waals surface area contributed by atoms with Crippen molar-refractivity contribution in [2.24, 2.45) is 0 Å². The predicted molar refractivity (Wildman–Crippen MR) is 67.9 cm³/mol. The molecule has 0 rings (SSSR count). The number of allylic oxidation sites excluding steroid dienone is 6. The molecule has 0 radical (unpaired) electrons. The third-order valence-electron chi connectivity index (χ3n) is 0.986. The van der Waals surface area contributed by atoms with Crippen molar-refractivity contribution in [3.8, 4) is 0 Å². The maximum Gasteiger partial charge on any atom is 2.00 e. The first-order valence-electron chi connectivity index (χ1n) is 4.57. The summed E-state index contributed by atoms with van der Waals surface area (Å²) < 4.78 is 0. The van der Waals surface area contributed by atoms with E-state index in [1.807, 2.05) is 39.8 Å². The third-order valence-corrected chi connectivity index (χ3v) is 0.986. The molecule has 0 amide bonds. The monoisotopic (exact) mass is 292 g/mol. The average molecular weight is 291 g/mol. The van der Waals surface area contributed by atoms with Gasteiger partial charge in [0.2, 0.25) is 0 Å². The molecule has 1 heteroatoms. The Hall–Kier alpha value is -0.677. The van der Waals surface area contributed by atoms with E-state index in [1.54, 1.807) is 0 Å². The molecular weight excluding hydrogens is 269 g/mol. The summed E-state index contributed by atoms with van der Waals surface area (Å²) in [5, 5.41) is 0. The van der Waals surface area contributed by atoms with Gasteiger partial charge < -0.3 is 0 Å². The van der Waals surface area contributed by atoms with Crippen molar-refractivity contribution < 1.29 is 19.5 Å². The van der Waals surface area contributed by atoms with Crippen LogP contribution in [-0.4, -0.2) is 0 Å². The van der Waals surface area contributed by atoms with Crippen LogP contribution in [0.4, 0.5) is 0 Å². The smallest absolute Gasteiger partial charge is 0.242 e. The van der Waals surface area contributed by atoms with Gasteiger partial charge in [-0.15, -0.1) is 24.3 Å². The van der Waals surface area contributed by atoms with Crippen LogP contribution in [0.2, 0.25) is 0 Å². The zero-order valence-electron chi connectivity index (χ0n) is 10.3. The second-order valence-electron chi connectivity index (χ2n) is 3.67. The Labute approximate surface area is 109 Å². The fourth-order valence-corrected chi connectivity index (χ4v) is 0.841. The van der Waals surface area contributed by atoms with Crippen LogP contribution in [0.25, 0.3) is 0 Å². The largest absolute Gasteiger partial charge is 2.00 e. The third kappa shape index (κ3) is 31.9. The van der Waals surface area contributed by atoms with Crippen molar-refractivity contribution in [2.75, 3.05) is 0 Å². The molecule has 0 saturated carbocycles. The molecule has 0 bridgehead atoms. The van der Waals surface area contributed by atoms with Crippen LogP contribution in [-0.2, 0) is 19.5 Å². The van der Waals surface area contributed by atoms with Gasteiger partial charge in [-0.1, -0.05) is 27.7 Å². The van der Waals surface area contributed by atoms with Crippen LogP contribution in [0, 0.1) is 13.8 Å². The fourth-order valence-electron chi connectivity index (χ4n) is 0.841. The normalized spacial score (nSPS) is 10.7. The Morgan fingerprint density at radius 1 is 0.800 bits per heavy atom. The molecule has 0 spiro atoms. The zero-order valence-corrected chi connectivity index (χ0v) is 12.1. The van der Waals surface area contributed by atoms with Crippen LogP contribution in [0.15, 0.2) is 47.6 Å². The van der Waals surface area contributed by atoms with E-state index in [2.05, 4.69) is 27.0 Å². The maximum absolute atomic E-state index is 3.68. The number of hydrogen-bond acceptors (Lipinski definition) is 0. The Kier molecular flexibility index (Phi) is 15.1. The Morgan fingerprint density at radius 2 is 1.00 bits per heavy atom. The van der Waals surface area contributed by atoms with Crippen molar-refractivity contribution in [3.05, 3.63) is 61.4 Å². The number of rotatable bonds is 2. The first kappa shape index (κ1) is 19.8. The van der Waals surface area contributed by atoms with E-state index in [-0.39, 0.29) is 19.5 Å². The molecule has 0 atom stereocenters. The van der Waals surface area contributed by atoms with Crippen molar-refractivity contribution >= 4 is 0 Å². The van der Waals surface area contributed by atoms with E-state index in [9.17, 15) is 0 Å². The molecule has 0 aromatic rings. The molecule has 0 heterocycles. The van der Waals surface area contributed by atoms with Gasteiger partial charge in [-0.05, 0) is 0 Å². The van der Waals surface area contributed by atoms with Gasteiger partial charge in [-0.25, -0.2) is 37.1 Å². The quantitative estimate of drug-likeness (QED) is 0.393. The van der Waals surface area contributed by atoms with Crippen LogP contribution in [0.5, 0.6) is 0 Å². The standard InChI is InChI=1S/2C7H11.Ru/c2*1-6(2)5-7(3)4;/h2*5H,1,3H2,2,4H3;/q2*-1;+2. The van der Waals surface area contributed by atoms with E-state index in [0.29, 0.717) is 0 Å². The second-order valence-corrected chi connectivity index (χ2v) is 3.67. The molecule has 0 aliphatic carbocycles. The molecule has 86 valence electrons. The van der Waals surface area contributed by atoms with E-state index in [1.165, 1.54) is 0 Å². The van der Waals surface area contributed by atoms with Crippen molar-refractivity contribution in [1.29, 1.82) is 0 Å². The minimum Gasteiger partial charge on any atom is -0.242 e. The number of hydrogen-bond donors (Lipinski definition) is 0. The maximum atomic E-state index is 3.68. The Balaban J connectivity index is -0.000000180. The first-order valence-corrected chi connectivity index (χ1v) is 4.57. The Morgan fingerprint density at radius 3 is 1.00 bits per heavy atom. The summed E-state index contributed by atoms with van der Waals surface area (Å²) in [4.78, 5) is 0. The molecule has 0 aromatic carbocycles. The minimum atomic E-state index is 0. The molecule has 15 heavy (non-hydrogen) atoms. The summed E-state index contributed by atoms with van der Waals surface area (Å²) in [6.45, 7) is 22.5. The van der Waals surface area contributed by atoms with Crippen molar-refractivity contribution in [1.82, 2.24) is 0 Å². The van der Waals surface area contributed by atoms with Gasteiger partial charge >= 0.3 is 19.5 Å². The molecule has 0 N–H and O–H groups in total. The van der Waals surface area contributed by atoms with Crippen molar-refractivity contribution in [2.45, 2.75) is 27.7 Å². The molecule has 0 fully saturated rings. The van der Waals surface area contributed by atoms with Gasteiger partial charge in [-0.2, -0.15) is 0 Å². The van der Waals surface area contributed by atoms with E-state index in [4.69, 9.17) is 0 Å². The van der Waals surface area contributed by atoms with Crippen LogP contribution in [0.1, 0.15) is 27.7 Å². The van der Waals surface area contributed by atoms with Gasteiger partial charge in [0.1, 0.15) is 0 Å². The summed E-state index contributed by atoms with van der Waals surface area (Å²) in [5.41, 5.74) is 4.25. The van der Waals surface area contributed by atoms with Gasteiger partial charge in [0.05, 0.1) is 0 Å². The van der Waals surface area contributed by atoms with E-state index < -0.39 is 0 Å². The van der Waals surface area contributed by atoms with Gasteiger partial charge in [0.25, 0.3) is 0 Å². The fraction of sp³-hybridized carbons (Fsp3) is 0.286. The summed E-state index contributed by atoms with van der Waals surface area (Å²) in [5.74, 6) is 0. The summed E-state index contributed by atoms with van der Waals surface area (Å²) >= 11 is 0. The zero-order chi connectivity index (χ0) is 11.7. The summed E-state index contributed by atoms with van der Waals surface area (Å²) in [6.07, 6.45) is 3.89. The summed E-state index contributed by atoms with van der Waals surface area (Å²) in [7, 11) is 0.